The lowest BCUT2D eigenvalue weighted by molar-refractivity contribution is -0.256. The summed E-state index contributed by atoms with van der Waals surface area (Å²) < 4.78 is 45.0. The third-order valence-electron chi connectivity index (χ3n) is 13.8. The summed E-state index contributed by atoms with van der Waals surface area (Å²) in [7, 11) is 0. The van der Waals surface area contributed by atoms with Crippen LogP contribution in [-0.4, -0.2) is 84.2 Å². The number of fused-ring (bicyclic) bond motifs is 3. The van der Waals surface area contributed by atoms with Gasteiger partial charge < -0.3 is 48.2 Å². The molecule has 0 aromatic heterocycles. The average Bonchev–Trinajstić information content (AvgIpc) is 3.82. The number of hydrogen-bond donors (Lipinski definition) is 2. The molecular formula is C57H70N2O11. The second kappa shape index (κ2) is 22.9. The number of benzene rings is 4. The van der Waals surface area contributed by atoms with Crippen LogP contribution in [-0.2, 0) is 32.2 Å². The third kappa shape index (κ3) is 11.7. The molecule has 0 saturated heterocycles. The number of aliphatic hydroxyl groups excluding tert-OH is 2. The molecule has 13 nitrogen and oxygen atoms in total. The molecule has 13 heteroatoms. The lowest BCUT2D eigenvalue weighted by atomic mass is 9.55. The molecule has 2 aliphatic heterocycles. The van der Waals surface area contributed by atoms with Crippen molar-refractivity contribution in [1.82, 2.24) is 4.90 Å². The maximum Gasteiger partial charge on any atom is 0.410 e. The molecule has 0 radical (unpaired) electrons. The van der Waals surface area contributed by atoms with E-state index in [4.69, 9.17) is 43.2 Å². The highest BCUT2D eigenvalue weighted by molar-refractivity contribution is 6.03. The van der Waals surface area contributed by atoms with Crippen LogP contribution in [0.25, 0.3) is 0 Å². The van der Waals surface area contributed by atoms with Crippen molar-refractivity contribution < 1.29 is 53.0 Å². The number of allylic oxidation sites excluding steroid dienone is 1. The first kappa shape index (κ1) is 50.5. The van der Waals surface area contributed by atoms with Crippen LogP contribution in [0.2, 0.25) is 0 Å². The standard InChI is InChI=1S/C57H70N2O11/c1-7-27-67-57-52(59(35-41-20-23-50-51(31-41)66-37-65-50)55(62)64-29-28-63-36-40-15-9-8-10-16-40)34-48(58-70-56(4,5)6)46-32-42(17-11-13-25-60)45(18-12-14-26-61)53(54(46)57)47-33-44(22-24-49(47)69-57)68-43-21-19-38(2)39(3)30-43/h7-10,15-16,19-24,30-33,42,45,52-54,60-61H,1,11-14,17-18,25-29,34-37H2,2-6H3. The molecule has 2 heterocycles. The van der Waals surface area contributed by atoms with Crippen LogP contribution in [0.1, 0.15) is 99.5 Å². The second-order valence-corrected chi connectivity index (χ2v) is 19.8. The number of nitrogens with zero attached hydrogens (tertiary/aromatic N) is 2. The molecule has 70 heavy (non-hydrogen) atoms. The van der Waals surface area contributed by atoms with Gasteiger partial charge in [0, 0.05) is 37.7 Å². The molecule has 1 saturated carbocycles. The minimum Gasteiger partial charge on any atom is -0.459 e. The first-order chi connectivity index (χ1) is 33.9. The van der Waals surface area contributed by atoms with Gasteiger partial charge in [-0.05, 0) is 142 Å². The minimum atomic E-state index is -1.51. The summed E-state index contributed by atoms with van der Waals surface area (Å²) in [5.74, 6) is 0.969. The van der Waals surface area contributed by atoms with E-state index in [0.29, 0.717) is 48.2 Å². The maximum absolute atomic E-state index is 15.1. The number of carbonyl (C=O) groups is 1. The Kier molecular flexibility index (Phi) is 16.5. The number of aryl methyl sites for hydroxylation is 2. The minimum absolute atomic E-state index is 0.00272. The Morgan fingerprint density at radius 1 is 0.857 bits per heavy atom. The lowest BCUT2D eigenvalue weighted by Gasteiger charge is -2.60. The van der Waals surface area contributed by atoms with Crippen molar-refractivity contribution in [1.29, 1.82) is 0 Å². The first-order valence-corrected chi connectivity index (χ1v) is 24.9. The molecule has 6 unspecified atom stereocenters. The molecule has 0 bridgehead atoms. The summed E-state index contributed by atoms with van der Waals surface area (Å²) in [5.41, 5.74) is 6.02. The molecule has 4 aliphatic rings. The molecule has 1 amide bonds. The van der Waals surface area contributed by atoms with Crippen LogP contribution >= 0.6 is 0 Å². The van der Waals surface area contributed by atoms with Crippen LogP contribution in [0.3, 0.4) is 0 Å². The molecule has 1 fully saturated rings. The van der Waals surface area contributed by atoms with Gasteiger partial charge in [-0.2, -0.15) is 0 Å². The molecule has 374 valence electrons. The number of unbranched alkanes of at least 4 members (excludes halogenated alkanes) is 2. The zero-order valence-electron chi connectivity index (χ0n) is 41.4. The summed E-state index contributed by atoms with van der Waals surface area (Å²) in [4.78, 5) is 23.2. The van der Waals surface area contributed by atoms with E-state index in [1.54, 1.807) is 11.0 Å². The predicted octanol–water partition coefficient (Wildman–Crippen LogP) is 11.1. The molecule has 8 rings (SSSR count). The van der Waals surface area contributed by atoms with E-state index >= 15 is 4.79 Å². The Morgan fingerprint density at radius 3 is 2.36 bits per heavy atom. The Hall–Kier alpha value is -5.86. The summed E-state index contributed by atoms with van der Waals surface area (Å²) in [6.07, 6.45) is 8.16. The van der Waals surface area contributed by atoms with E-state index in [9.17, 15) is 10.2 Å². The molecule has 2 N–H and O–H groups in total. The smallest absolute Gasteiger partial charge is 0.410 e. The molecule has 2 aliphatic carbocycles. The Labute approximate surface area is 413 Å². The molecule has 4 aromatic carbocycles. The van der Waals surface area contributed by atoms with Crippen LogP contribution in [0.15, 0.2) is 114 Å². The third-order valence-corrected chi connectivity index (χ3v) is 13.8. The molecule has 4 aromatic rings. The van der Waals surface area contributed by atoms with Crippen LogP contribution in [0.4, 0.5) is 4.79 Å². The van der Waals surface area contributed by atoms with Gasteiger partial charge in [0.25, 0.3) is 0 Å². The van der Waals surface area contributed by atoms with Gasteiger partial charge in [-0.3, -0.25) is 4.90 Å². The quantitative estimate of drug-likeness (QED) is 0.0441. The highest BCUT2D eigenvalue weighted by atomic mass is 16.7. The van der Waals surface area contributed by atoms with Gasteiger partial charge in [-0.1, -0.05) is 72.6 Å². The Bertz CT molecular complexity index is 2480. The molecular weight excluding hydrogens is 889 g/mol. The largest absolute Gasteiger partial charge is 0.459 e. The van der Waals surface area contributed by atoms with Gasteiger partial charge in [-0.25, -0.2) is 4.79 Å². The Morgan fingerprint density at radius 2 is 1.60 bits per heavy atom. The number of oxime groups is 1. The van der Waals surface area contributed by atoms with Crippen molar-refractivity contribution in [3.05, 3.63) is 137 Å². The Balaban J connectivity index is 1.29. The van der Waals surface area contributed by atoms with Crippen molar-refractivity contribution >= 4 is 11.8 Å². The highest BCUT2D eigenvalue weighted by Crippen LogP contribution is 2.62. The van der Waals surface area contributed by atoms with Crippen molar-refractivity contribution in [2.75, 3.05) is 39.8 Å². The monoisotopic (exact) mass is 958 g/mol. The van der Waals surface area contributed by atoms with Gasteiger partial charge in [0.2, 0.25) is 12.6 Å². The first-order valence-electron chi connectivity index (χ1n) is 24.9. The van der Waals surface area contributed by atoms with E-state index in [-0.39, 0.29) is 70.5 Å². The fraction of sp³-hybridized carbons (Fsp3) is 0.474. The molecule has 0 spiro atoms. The normalized spacial score (nSPS) is 22.6. The number of amides is 1. The topological polar surface area (TPSA) is 147 Å². The van der Waals surface area contributed by atoms with E-state index in [1.807, 2.05) is 93.6 Å². The van der Waals surface area contributed by atoms with Gasteiger partial charge in [-0.15, -0.1) is 6.58 Å². The van der Waals surface area contributed by atoms with Gasteiger partial charge in [0.15, 0.2) is 11.5 Å². The average molecular weight is 959 g/mol. The van der Waals surface area contributed by atoms with Gasteiger partial charge in [0.05, 0.1) is 31.5 Å². The lowest BCUT2D eigenvalue weighted by Crippen LogP contribution is -2.70. The fourth-order valence-electron chi connectivity index (χ4n) is 10.4. The number of hydrogen-bond acceptors (Lipinski definition) is 12. The van der Waals surface area contributed by atoms with Crippen molar-refractivity contribution in [3.63, 3.8) is 0 Å². The van der Waals surface area contributed by atoms with Crippen molar-refractivity contribution in [2.45, 2.75) is 116 Å². The van der Waals surface area contributed by atoms with Gasteiger partial charge >= 0.3 is 6.09 Å². The number of carbonyl (C=O) groups excluding carboxylic acids is 1. The van der Waals surface area contributed by atoms with E-state index in [2.05, 4.69) is 38.6 Å². The summed E-state index contributed by atoms with van der Waals surface area (Å²) in [6.45, 7) is 15.1. The zero-order valence-corrected chi connectivity index (χ0v) is 41.4. The van der Waals surface area contributed by atoms with Crippen molar-refractivity contribution in [2.24, 2.45) is 22.9 Å². The van der Waals surface area contributed by atoms with Crippen molar-refractivity contribution in [3.8, 4) is 28.7 Å². The predicted molar refractivity (Wildman–Crippen MR) is 267 cm³/mol. The number of ether oxygens (including phenoxy) is 7. The number of rotatable bonds is 22. The SMILES string of the molecule is C=CCOC12Oc3ccc(Oc4ccc(C)c(C)c4)cc3C3C(CCCCO)C(CCCCO)C=C(C(=NOC(C)(C)C)CC1N(Cc1ccc4c(c1)OCO4)C(=O)OCCOCc1ccccc1)C32. The van der Waals surface area contributed by atoms with Crippen LogP contribution < -0.4 is 18.9 Å². The zero-order chi connectivity index (χ0) is 49.3. The highest BCUT2D eigenvalue weighted by Gasteiger charge is 2.66. The van der Waals surface area contributed by atoms with Gasteiger partial charge in [0.1, 0.15) is 35.5 Å². The summed E-state index contributed by atoms with van der Waals surface area (Å²) in [5, 5.41) is 25.1. The summed E-state index contributed by atoms with van der Waals surface area (Å²) in [6, 6.07) is 26.7. The van der Waals surface area contributed by atoms with Crippen LogP contribution in [0, 0.1) is 31.6 Å². The number of aliphatic hydroxyl groups is 2. The van der Waals surface area contributed by atoms with Crippen LogP contribution in [0.5, 0.6) is 28.7 Å². The summed E-state index contributed by atoms with van der Waals surface area (Å²) >= 11 is 0. The fourth-order valence-corrected chi connectivity index (χ4v) is 10.4. The maximum atomic E-state index is 15.1. The second-order valence-electron chi connectivity index (χ2n) is 19.8. The van der Waals surface area contributed by atoms with E-state index < -0.39 is 29.4 Å². The van der Waals surface area contributed by atoms with E-state index in [1.165, 1.54) is 5.56 Å². The molecule has 6 atom stereocenters. The van der Waals surface area contributed by atoms with E-state index in [0.717, 1.165) is 59.3 Å².